The van der Waals surface area contributed by atoms with Crippen molar-refractivity contribution < 1.29 is 14.2 Å². The number of anilines is 1. The van der Waals surface area contributed by atoms with Crippen molar-refractivity contribution in [3.05, 3.63) is 95.3 Å². The second-order valence-electron chi connectivity index (χ2n) is 6.29. The van der Waals surface area contributed by atoms with E-state index in [0.717, 1.165) is 11.1 Å². The van der Waals surface area contributed by atoms with Gasteiger partial charge in [0, 0.05) is 23.3 Å². The molecule has 4 heteroatoms. The Morgan fingerprint density at radius 1 is 0.885 bits per heavy atom. The Hall–Kier alpha value is -3.27. The van der Waals surface area contributed by atoms with E-state index >= 15 is 0 Å². The maximum absolute atomic E-state index is 12.8. The molecular formula is C22H21N2O2+. The molecule has 1 heterocycles. The van der Waals surface area contributed by atoms with Gasteiger partial charge < -0.3 is 5.32 Å². The summed E-state index contributed by atoms with van der Waals surface area (Å²) in [6.07, 6.45) is 3.69. The smallest absolute Gasteiger partial charge is 0.255 e. The van der Waals surface area contributed by atoms with Gasteiger partial charge in [-0.25, -0.2) is 0 Å². The summed E-state index contributed by atoms with van der Waals surface area (Å²) in [6.45, 7) is 4.05. The molecule has 1 N–H and O–H groups in total. The standard InChI is InChI=1S/C22H20N2O2/c1-16-10-11-19(21(25)15-24-12-6-3-7-13-24)20(14-16)23-22(26)18-9-5-4-8-17(18)2/h3-14H,15H2,1-2H3/p+1. The first kappa shape index (κ1) is 17.5. The average Bonchev–Trinajstić information content (AvgIpc) is 2.63. The topological polar surface area (TPSA) is 50.0 Å². The third-order valence-corrected chi connectivity index (χ3v) is 4.22. The summed E-state index contributed by atoms with van der Waals surface area (Å²) in [5, 5.41) is 2.91. The second kappa shape index (κ2) is 7.74. The molecule has 3 rings (SSSR count). The Bertz CT molecular complexity index is 949. The van der Waals surface area contributed by atoms with Gasteiger partial charge in [0.2, 0.25) is 12.3 Å². The van der Waals surface area contributed by atoms with Gasteiger partial charge in [-0.3, -0.25) is 9.59 Å². The maximum atomic E-state index is 12.8. The fraction of sp³-hybridized carbons (Fsp3) is 0.136. The lowest BCUT2D eigenvalue weighted by Crippen LogP contribution is -2.37. The Kier molecular flexibility index (Phi) is 5.23. The van der Waals surface area contributed by atoms with Crippen molar-refractivity contribution in [3.63, 3.8) is 0 Å². The van der Waals surface area contributed by atoms with E-state index in [9.17, 15) is 9.59 Å². The lowest BCUT2D eigenvalue weighted by Gasteiger charge is -2.12. The molecule has 0 bridgehead atoms. The molecule has 2 aromatic carbocycles. The molecule has 0 fully saturated rings. The minimum absolute atomic E-state index is 0.0544. The normalized spacial score (nSPS) is 10.4. The predicted molar refractivity (Wildman–Crippen MR) is 101 cm³/mol. The van der Waals surface area contributed by atoms with Gasteiger partial charge in [0.15, 0.2) is 12.4 Å². The molecule has 0 saturated heterocycles. The summed E-state index contributed by atoms with van der Waals surface area (Å²) < 4.78 is 1.81. The van der Waals surface area contributed by atoms with Crippen molar-refractivity contribution in [2.24, 2.45) is 0 Å². The summed E-state index contributed by atoms with van der Waals surface area (Å²) in [5.74, 6) is -0.267. The lowest BCUT2D eigenvalue weighted by molar-refractivity contribution is -0.683. The molecule has 3 aromatic rings. The van der Waals surface area contributed by atoms with Crippen LogP contribution in [0.5, 0.6) is 0 Å². The van der Waals surface area contributed by atoms with E-state index in [1.807, 2.05) is 79.3 Å². The largest absolute Gasteiger partial charge is 0.321 e. The zero-order valence-electron chi connectivity index (χ0n) is 14.9. The average molecular weight is 345 g/mol. The zero-order valence-corrected chi connectivity index (χ0v) is 14.9. The van der Waals surface area contributed by atoms with Gasteiger partial charge in [-0.15, -0.1) is 0 Å². The lowest BCUT2D eigenvalue weighted by atomic mass is 10.0. The quantitative estimate of drug-likeness (QED) is 0.566. The van der Waals surface area contributed by atoms with Crippen molar-refractivity contribution in [2.45, 2.75) is 20.4 Å². The molecule has 0 aliphatic rings. The number of ketones is 1. The van der Waals surface area contributed by atoms with Crippen molar-refractivity contribution in [1.29, 1.82) is 0 Å². The number of aryl methyl sites for hydroxylation is 2. The van der Waals surface area contributed by atoms with E-state index in [2.05, 4.69) is 5.32 Å². The Morgan fingerprint density at radius 2 is 1.62 bits per heavy atom. The van der Waals surface area contributed by atoms with Crippen molar-refractivity contribution in [2.75, 3.05) is 5.32 Å². The molecule has 4 nitrogen and oxygen atoms in total. The summed E-state index contributed by atoms with van der Waals surface area (Å²) in [5.41, 5.74) is 3.53. The Labute approximate surface area is 153 Å². The van der Waals surface area contributed by atoms with Gasteiger partial charge in [0.1, 0.15) is 0 Å². The van der Waals surface area contributed by atoms with Gasteiger partial charge in [-0.05, 0) is 43.2 Å². The number of carbonyl (C=O) groups excluding carboxylic acids is 2. The van der Waals surface area contributed by atoms with Crippen molar-refractivity contribution in [3.8, 4) is 0 Å². The maximum Gasteiger partial charge on any atom is 0.255 e. The van der Waals surface area contributed by atoms with Crippen LogP contribution in [-0.4, -0.2) is 11.7 Å². The number of rotatable bonds is 5. The van der Waals surface area contributed by atoms with Crippen LogP contribution in [0.15, 0.2) is 73.1 Å². The molecular weight excluding hydrogens is 324 g/mol. The van der Waals surface area contributed by atoms with Gasteiger partial charge >= 0.3 is 0 Å². The molecule has 0 unspecified atom stereocenters. The summed E-state index contributed by atoms with van der Waals surface area (Å²) in [6, 6.07) is 18.5. The van der Waals surface area contributed by atoms with Crippen LogP contribution >= 0.6 is 0 Å². The number of benzene rings is 2. The van der Waals surface area contributed by atoms with E-state index in [-0.39, 0.29) is 18.2 Å². The fourth-order valence-electron chi connectivity index (χ4n) is 2.81. The van der Waals surface area contributed by atoms with Crippen LogP contribution in [0.3, 0.4) is 0 Å². The minimum atomic E-state index is -0.213. The molecule has 0 radical (unpaired) electrons. The number of nitrogens with zero attached hydrogens (tertiary/aromatic N) is 1. The van der Waals surface area contributed by atoms with Gasteiger partial charge in [0.25, 0.3) is 5.91 Å². The second-order valence-corrected chi connectivity index (χ2v) is 6.29. The molecule has 0 atom stereocenters. The van der Waals surface area contributed by atoms with Gasteiger partial charge in [-0.2, -0.15) is 4.57 Å². The molecule has 0 saturated carbocycles. The van der Waals surface area contributed by atoms with E-state index in [4.69, 9.17) is 0 Å². The van der Waals surface area contributed by atoms with E-state index in [1.165, 1.54) is 0 Å². The first-order valence-corrected chi connectivity index (χ1v) is 8.49. The number of pyridine rings is 1. The number of hydrogen-bond donors (Lipinski definition) is 1. The first-order chi connectivity index (χ1) is 12.5. The molecule has 0 aliphatic heterocycles. The predicted octanol–water partition coefficient (Wildman–Crippen LogP) is 3.73. The number of nitrogens with one attached hydrogen (secondary N) is 1. The van der Waals surface area contributed by atoms with Crippen LogP contribution in [0, 0.1) is 13.8 Å². The van der Waals surface area contributed by atoms with Crippen molar-refractivity contribution in [1.82, 2.24) is 0 Å². The van der Waals surface area contributed by atoms with Gasteiger partial charge in [-0.1, -0.05) is 30.3 Å². The molecule has 130 valence electrons. The van der Waals surface area contributed by atoms with Crippen molar-refractivity contribution >= 4 is 17.4 Å². The van der Waals surface area contributed by atoms with Crippen LogP contribution < -0.4 is 9.88 Å². The number of carbonyl (C=O) groups is 2. The molecule has 0 aliphatic carbocycles. The summed E-state index contributed by atoms with van der Waals surface area (Å²) in [7, 11) is 0. The highest BCUT2D eigenvalue weighted by atomic mass is 16.2. The monoisotopic (exact) mass is 345 g/mol. The van der Waals surface area contributed by atoms with Crippen LogP contribution in [0.1, 0.15) is 31.8 Å². The number of amides is 1. The number of hydrogen-bond acceptors (Lipinski definition) is 2. The Morgan fingerprint density at radius 3 is 2.35 bits per heavy atom. The molecule has 26 heavy (non-hydrogen) atoms. The third kappa shape index (κ3) is 4.03. The molecule has 1 aromatic heterocycles. The summed E-state index contributed by atoms with van der Waals surface area (Å²) >= 11 is 0. The molecule has 1 amide bonds. The van der Waals surface area contributed by atoms with Crippen LogP contribution in [-0.2, 0) is 6.54 Å². The zero-order chi connectivity index (χ0) is 18.5. The number of aromatic nitrogens is 1. The van der Waals surface area contributed by atoms with Crippen LogP contribution in [0.2, 0.25) is 0 Å². The van der Waals surface area contributed by atoms with E-state index in [0.29, 0.717) is 16.8 Å². The minimum Gasteiger partial charge on any atom is -0.321 e. The van der Waals surface area contributed by atoms with E-state index < -0.39 is 0 Å². The highest BCUT2D eigenvalue weighted by Gasteiger charge is 2.18. The van der Waals surface area contributed by atoms with Crippen LogP contribution in [0.25, 0.3) is 0 Å². The summed E-state index contributed by atoms with van der Waals surface area (Å²) in [4.78, 5) is 25.4. The fourth-order valence-corrected chi connectivity index (χ4v) is 2.81. The van der Waals surface area contributed by atoms with Gasteiger partial charge in [0.05, 0.1) is 5.69 Å². The third-order valence-electron chi connectivity index (χ3n) is 4.22. The highest BCUT2D eigenvalue weighted by Crippen LogP contribution is 2.20. The first-order valence-electron chi connectivity index (χ1n) is 8.49. The Balaban J connectivity index is 1.87. The highest BCUT2D eigenvalue weighted by molar-refractivity contribution is 6.09. The molecule has 0 spiro atoms. The number of Topliss-reactive ketones (excluding diaryl/α,β-unsaturated/α-hetero) is 1. The van der Waals surface area contributed by atoms with E-state index in [1.54, 1.807) is 12.1 Å². The van der Waals surface area contributed by atoms with Crippen LogP contribution in [0.4, 0.5) is 5.69 Å². The SMILES string of the molecule is Cc1ccc(C(=O)C[n+]2ccccc2)c(NC(=O)c2ccccc2C)c1.